The molecule has 1 atom stereocenters. The second kappa shape index (κ2) is 4.64. The van der Waals surface area contributed by atoms with Crippen molar-refractivity contribution in [3.63, 3.8) is 0 Å². The fraction of sp³-hybridized carbons (Fsp3) is 0.500. The predicted octanol–water partition coefficient (Wildman–Crippen LogP) is 3.06. The topological polar surface area (TPSA) is 12.0 Å². The highest BCUT2D eigenvalue weighted by atomic mass is 19.3. The van der Waals surface area contributed by atoms with Crippen LogP contribution in [0.1, 0.15) is 18.4 Å². The van der Waals surface area contributed by atoms with Gasteiger partial charge in [0.2, 0.25) is 0 Å². The second-order valence-electron chi connectivity index (χ2n) is 4.40. The van der Waals surface area contributed by atoms with Crippen LogP contribution in [0.2, 0.25) is 0 Å². The largest absolute Gasteiger partial charge is 0.316 e. The van der Waals surface area contributed by atoms with Gasteiger partial charge in [-0.05, 0) is 43.6 Å². The maximum atomic E-state index is 13.8. The molecule has 1 unspecified atom stereocenters. The molecular formula is C12H13F4N. The van der Waals surface area contributed by atoms with E-state index in [2.05, 4.69) is 5.32 Å². The zero-order valence-electron chi connectivity index (χ0n) is 9.15. The van der Waals surface area contributed by atoms with Crippen LogP contribution in [-0.4, -0.2) is 13.1 Å². The molecule has 0 saturated carbocycles. The molecule has 0 bridgehead atoms. The molecule has 1 aromatic rings. The molecule has 5 heteroatoms. The van der Waals surface area contributed by atoms with E-state index in [0.717, 1.165) is 18.7 Å². The van der Waals surface area contributed by atoms with Crippen molar-refractivity contribution in [2.24, 2.45) is 5.92 Å². The standard InChI is InChI=1S/C12H13F4N/c13-10-2-1-9(5-11(10)14)12(15,16)6-8-3-4-17-7-8/h1-2,5,8,17H,3-4,6-7H2. The maximum absolute atomic E-state index is 13.8. The molecule has 1 N–H and O–H groups in total. The monoisotopic (exact) mass is 247 g/mol. The molecule has 94 valence electrons. The Morgan fingerprint density at radius 1 is 1.24 bits per heavy atom. The Bertz CT molecular complexity index is 399. The van der Waals surface area contributed by atoms with E-state index in [-0.39, 0.29) is 12.3 Å². The molecular weight excluding hydrogens is 234 g/mol. The van der Waals surface area contributed by atoms with Gasteiger partial charge in [-0.15, -0.1) is 0 Å². The summed E-state index contributed by atoms with van der Waals surface area (Å²) in [5.41, 5.74) is -0.455. The van der Waals surface area contributed by atoms with E-state index in [1.54, 1.807) is 0 Å². The Morgan fingerprint density at radius 3 is 2.59 bits per heavy atom. The third-order valence-corrected chi connectivity index (χ3v) is 3.05. The van der Waals surface area contributed by atoms with Gasteiger partial charge in [0.15, 0.2) is 11.6 Å². The van der Waals surface area contributed by atoms with Crippen LogP contribution in [0.3, 0.4) is 0 Å². The van der Waals surface area contributed by atoms with E-state index >= 15 is 0 Å². The molecule has 17 heavy (non-hydrogen) atoms. The van der Waals surface area contributed by atoms with Gasteiger partial charge in [0.05, 0.1) is 0 Å². The molecule has 1 aliphatic rings. The summed E-state index contributed by atoms with van der Waals surface area (Å²) in [4.78, 5) is 0. The van der Waals surface area contributed by atoms with Gasteiger partial charge < -0.3 is 5.32 Å². The highest BCUT2D eigenvalue weighted by Gasteiger charge is 2.36. The highest BCUT2D eigenvalue weighted by molar-refractivity contribution is 5.22. The summed E-state index contributed by atoms with van der Waals surface area (Å²) >= 11 is 0. The molecule has 0 radical (unpaired) electrons. The fourth-order valence-electron chi connectivity index (χ4n) is 2.09. The molecule has 0 amide bonds. The first-order valence-electron chi connectivity index (χ1n) is 5.53. The molecule has 1 heterocycles. The lowest BCUT2D eigenvalue weighted by atomic mass is 9.95. The third kappa shape index (κ3) is 2.77. The molecule has 2 rings (SSSR count). The van der Waals surface area contributed by atoms with Crippen molar-refractivity contribution in [2.45, 2.75) is 18.8 Å². The Kier molecular flexibility index (Phi) is 3.38. The van der Waals surface area contributed by atoms with Gasteiger partial charge in [0.1, 0.15) is 0 Å². The van der Waals surface area contributed by atoms with E-state index in [0.29, 0.717) is 19.0 Å². The van der Waals surface area contributed by atoms with Crippen LogP contribution in [0.5, 0.6) is 0 Å². The first-order valence-corrected chi connectivity index (χ1v) is 5.53. The lowest BCUT2D eigenvalue weighted by Gasteiger charge is -2.20. The number of hydrogen-bond acceptors (Lipinski definition) is 1. The van der Waals surface area contributed by atoms with Crippen molar-refractivity contribution in [1.82, 2.24) is 5.32 Å². The van der Waals surface area contributed by atoms with Crippen LogP contribution >= 0.6 is 0 Å². The normalized spacial score (nSPS) is 20.8. The third-order valence-electron chi connectivity index (χ3n) is 3.05. The number of halogens is 4. The smallest absolute Gasteiger partial charge is 0.273 e. The molecule has 1 nitrogen and oxygen atoms in total. The van der Waals surface area contributed by atoms with Gasteiger partial charge >= 0.3 is 0 Å². The molecule has 1 aliphatic heterocycles. The number of alkyl halides is 2. The minimum atomic E-state index is -3.11. The quantitative estimate of drug-likeness (QED) is 0.809. The van der Waals surface area contributed by atoms with E-state index in [1.165, 1.54) is 0 Å². The van der Waals surface area contributed by atoms with Crippen LogP contribution in [-0.2, 0) is 5.92 Å². The van der Waals surface area contributed by atoms with Crippen molar-refractivity contribution >= 4 is 0 Å². The second-order valence-corrected chi connectivity index (χ2v) is 4.40. The van der Waals surface area contributed by atoms with Gasteiger partial charge in [-0.1, -0.05) is 0 Å². The first-order chi connectivity index (χ1) is 7.99. The summed E-state index contributed by atoms with van der Waals surface area (Å²) in [6.07, 6.45) is 0.365. The van der Waals surface area contributed by atoms with Crippen molar-refractivity contribution in [3.05, 3.63) is 35.4 Å². The average Bonchev–Trinajstić information content (AvgIpc) is 2.73. The van der Waals surface area contributed by atoms with Crippen LogP contribution in [0.4, 0.5) is 17.6 Å². The summed E-state index contributed by atoms with van der Waals surface area (Å²) in [6.45, 7) is 1.29. The number of rotatable bonds is 3. The summed E-state index contributed by atoms with van der Waals surface area (Å²) in [7, 11) is 0. The number of benzene rings is 1. The molecule has 1 saturated heterocycles. The highest BCUT2D eigenvalue weighted by Crippen LogP contribution is 2.36. The molecule has 0 aliphatic carbocycles. The van der Waals surface area contributed by atoms with Gasteiger partial charge in [-0.3, -0.25) is 0 Å². The van der Waals surface area contributed by atoms with Gasteiger partial charge in [-0.25, -0.2) is 17.6 Å². The molecule has 0 spiro atoms. The predicted molar refractivity (Wildman–Crippen MR) is 55.8 cm³/mol. The molecule has 1 fully saturated rings. The SMILES string of the molecule is Fc1ccc(C(F)(F)CC2CCNC2)cc1F. The van der Waals surface area contributed by atoms with Crippen LogP contribution in [0.15, 0.2) is 18.2 Å². The van der Waals surface area contributed by atoms with Crippen molar-refractivity contribution < 1.29 is 17.6 Å². The van der Waals surface area contributed by atoms with Crippen molar-refractivity contribution in [2.75, 3.05) is 13.1 Å². The van der Waals surface area contributed by atoms with Crippen LogP contribution in [0.25, 0.3) is 0 Å². The minimum Gasteiger partial charge on any atom is -0.316 e. The van der Waals surface area contributed by atoms with Crippen LogP contribution < -0.4 is 5.32 Å². The Hall–Kier alpha value is -1.10. The van der Waals surface area contributed by atoms with Gasteiger partial charge in [-0.2, -0.15) is 0 Å². The lowest BCUT2D eigenvalue weighted by molar-refractivity contribution is -0.0271. The molecule has 0 aromatic heterocycles. The summed E-state index contributed by atoms with van der Waals surface area (Å²) < 4.78 is 53.2. The maximum Gasteiger partial charge on any atom is 0.273 e. The minimum absolute atomic E-state index is 0.113. The summed E-state index contributed by atoms with van der Waals surface area (Å²) in [5, 5.41) is 3.00. The zero-order chi connectivity index (χ0) is 12.5. The Labute approximate surface area is 96.8 Å². The van der Waals surface area contributed by atoms with Gasteiger partial charge in [0, 0.05) is 12.0 Å². The van der Waals surface area contributed by atoms with Gasteiger partial charge in [0.25, 0.3) is 5.92 Å². The summed E-state index contributed by atoms with van der Waals surface area (Å²) in [5.74, 6) is -5.55. The Balaban J connectivity index is 2.14. The summed E-state index contributed by atoms with van der Waals surface area (Å²) in [6, 6.07) is 2.27. The lowest BCUT2D eigenvalue weighted by Crippen LogP contribution is -2.20. The van der Waals surface area contributed by atoms with Crippen molar-refractivity contribution in [3.8, 4) is 0 Å². The number of nitrogens with one attached hydrogen (secondary N) is 1. The van der Waals surface area contributed by atoms with E-state index in [4.69, 9.17) is 0 Å². The van der Waals surface area contributed by atoms with E-state index < -0.39 is 23.1 Å². The van der Waals surface area contributed by atoms with E-state index in [9.17, 15) is 17.6 Å². The molecule has 1 aromatic carbocycles. The fourth-order valence-corrected chi connectivity index (χ4v) is 2.09. The average molecular weight is 247 g/mol. The Morgan fingerprint density at radius 2 is 2.00 bits per heavy atom. The zero-order valence-corrected chi connectivity index (χ0v) is 9.15. The number of hydrogen-bond donors (Lipinski definition) is 1. The first kappa shape index (κ1) is 12.4. The van der Waals surface area contributed by atoms with Crippen molar-refractivity contribution in [1.29, 1.82) is 0 Å². The van der Waals surface area contributed by atoms with E-state index in [1.807, 2.05) is 0 Å². The van der Waals surface area contributed by atoms with Crippen LogP contribution in [0, 0.1) is 17.6 Å².